The van der Waals surface area contributed by atoms with Crippen LogP contribution in [0.2, 0.25) is 0 Å². The molecule has 0 radical (unpaired) electrons. The molecule has 1 aliphatic rings. The van der Waals surface area contributed by atoms with Gasteiger partial charge in [0.2, 0.25) is 5.82 Å². The zero-order valence-electron chi connectivity index (χ0n) is 19.5. The Hall–Kier alpha value is -3.60. The quantitative estimate of drug-likeness (QED) is 0.431. The highest BCUT2D eigenvalue weighted by atomic mass is 19.4. The second kappa shape index (κ2) is 8.26. The van der Waals surface area contributed by atoms with Gasteiger partial charge in [0.15, 0.2) is 11.4 Å². The van der Waals surface area contributed by atoms with Crippen LogP contribution in [-0.2, 0) is 25.8 Å². The molecule has 1 aromatic carbocycles. The van der Waals surface area contributed by atoms with E-state index in [1.165, 1.54) is 0 Å². The monoisotopic (exact) mass is 483 g/mol. The molecule has 1 N–H and O–H groups in total. The minimum atomic E-state index is -4.51. The molecular formula is C24H24F3N7O. The molecule has 8 nitrogen and oxygen atoms in total. The number of aromatic nitrogens is 6. The fourth-order valence-corrected chi connectivity index (χ4v) is 4.25. The van der Waals surface area contributed by atoms with Crippen molar-refractivity contribution in [2.75, 3.05) is 6.54 Å². The lowest BCUT2D eigenvalue weighted by Gasteiger charge is -2.28. The maximum atomic E-state index is 13.1. The average Bonchev–Trinajstić information content (AvgIpc) is 3.41. The largest absolute Gasteiger partial charge is 0.451 e. The van der Waals surface area contributed by atoms with Crippen LogP contribution in [0.3, 0.4) is 0 Å². The van der Waals surface area contributed by atoms with Gasteiger partial charge in [0.05, 0.1) is 24.0 Å². The number of aromatic amines is 1. The minimum Gasteiger partial charge on any atom is -0.344 e. The number of hydrogen-bond acceptors (Lipinski definition) is 6. The summed E-state index contributed by atoms with van der Waals surface area (Å²) in [6, 6.07) is 7.76. The Kier molecular flexibility index (Phi) is 5.47. The number of rotatable bonds is 4. The van der Waals surface area contributed by atoms with Crippen LogP contribution in [0.25, 0.3) is 22.4 Å². The molecule has 4 heterocycles. The van der Waals surface area contributed by atoms with Crippen molar-refractivity contribution in [2.45, 2.75) is 46.6 Å². The number of alkyl halides is 3. The molecule has 11 heteroatoms. The summed E-state index contributed by atoms with van der Waals surface area (Å²) >= 11 is 0. The average molecular weight is 483 g/mol. The first kappa shape index (κ1) is 23.2. The molecule has 0 unspecified atom stereocenters. The number of ketones is 1. The number of H-pyrrole nitrogens is 1. The third-order valence-corrected chi connectivity index (χ3v) is 6.02. The van der Waals surface area contributed by atoms with Gasteiger partial charge in [-0.15, -0.1) is 10.2 Å². The van der Waals surface area contributed by atoms with Crippen LogP contribution in [0.4, 0.5) is 13.2 Å². The fourth-order valence-electron chi connectivity index (χ4n) is 4.25. The summed E-state index contributed by atoms with van der Waals surface area (Å²) in [6.45, 7) is 7.03. The zero-order chi connectivity index (χ0) is 25.0. The number of carbonyl (C=O) groups is 1. The first-order chi connectivity index (χ1) is 16.5. The molecule has 35 heavy (non-hydrogen) atoms. The van der Waals surface area contributed by atoms with Crippen molar-refractivity contribution in [3.8, 4) is 11.3 Å². The van der Waals surface area contributed by atoms with E-state index in [-0.39, 0.29) is 18.9 Å². The SMILES string of the molecule is CC(C)(C)C(=O)c1c[nH]c2ncc(-c3cccc(CN4CCn5c(nnc5C(F)(F)F)C4)c3)nc12. The van der Waals surface area contributed by atoms with Gasteiger partial charge in [0.1, 0.15) is 11.3 Å². The van der Waals surface area contributed by atoms with Gasteiger partial charge >= 0.3 is 6.18 Å². The number of nitrogens with one attached hydrogen (secondary N) is 1. The molecule has 0 saturated carbocycles. The molecule has 0 saturated heterocycles. The van der Waals surface area contributed by atoms with Crippen molar-refractivity contribution in [3.05, 3.63) is 59.4 Å². The second-order valence-electron chi connectivity index (χ2n) is 9.73. The van der Waals surface area contributed by atoms with Crippen molar-refractivity contribution in [2.24, 2.45) is 5.41 Å². The van der Waals surface area contributed by atoms with E-state index in [9.17, 15) is 18.0 Å². The van der Waals surface area contributed by atoms with E-state index in [1.807, 2.05) is 49.9 Å². The molecule has 5 rings (SSSR count). The molecule has 3 aromatic heterocycles. The highest BCUT2D eigenvalue weighted by molar-refractivity contribution is 6.08. The fraction of sp³-hybridized carbons (Fsp3) is 0.375. The number of Topliss-reactive ketones (excluding diaryl/α,β-unsaturated/α-hetero) is 1. The van der Waals surface area contributed by atoms with Crippen LogP contribution in [0.1, 0.15) is 48.3 Å². The standard InChI is InChI=1S/C24H24F3N7O/c1-23(2,3)20(35)16-10-28-21-19(16)30-17(11-29-21)15-6-4-5-14(9-15)12-33-7-8-34-18(13-33)31-32-22(34)24(25,26)27/h4-6,9-11H,7-8,12-13H2,1-3H3,(H,28,29). The van der Waals surface area contributed by atoms with Crippen LogP contribution in [0.5, 0.6) is 0 Å². The summed E-state index contributed by atoms with van der Waals surface area (Å²) < 4.78 is 40.4. The predicted molar refractivity (Wildman–Crippen MR) is 122 cm³/mol. The van der Waals surface area contributed by atoms with Gasteiger partial charge in [-0.2, -0.15) is 13.2 Å². The molecule has 182 valence electrons. The normalized spacial score (nSPS) is 14.9. The highest BCUT2D eigenvalue weighted by Crippen LogP contribution is 2.30. The van der Waals surface area contributed by atoms with E-state index in [4.69, 9.17) is 4.98 Å². The van der Waals surface area contributed by atoms with Gasteiger partial charge < -0.3 is 9.55 Å². The van der Waals surface area contributed by atoms with Crippen LogP contribution in [0, 0.1) is 5.41 Å². The van der Waals surface area contributed by atoms with Crippen molar-refractivity contribution < 1.29 is 18.0 Å². The first-order valence-corrected chi connectivity index (χ1v) is 11.2. The Balaban J connectivity index is 1.38. The molecule has 0 spiro atoms. The maximum absolute atomic E-state index is 13.1. The molecule has 0 fully saturated rings. The third kappa shape index (κ3) is 4.43. The van der Waals surface area contributed by atoms with E-state index in [2.05, 4.69) is 20.2 Å². The van der Waals surface area contributed by atoms with Crippen LogP contribution in [-0.4, -0.2) is 46.9 Å². The number of carbonyl (C=O) groups excluding carboxylic acids is 1. The Morgan fingerprint density at radius 2 is 1.94 bits per heavy atom. The second-order valence-corrected chi connectivity index (χ2v) is 9.73. The molecule has 4 aromatic rings. The van der Waals surface area contributed by atoms with Crippen molar-refractivity contribution >= 4 is 16.9 Å². The number of nitrogens with zero attached hydrogens (tertiary/aromatic N) is 6. The van der Waals surface area contributed by atoms with Crippen molar-refractivity contribution in [1.82, 2.24) is 34.6 Å². The minimum absolute atomic E-state index is 0.0180. The summed E-state index contributed by atoms with van der Waals surface area (Å²) in [4.78, 5) is 27.1. The number of benzene rings is 1. The summed E-state index contributed by atoms with van der Waals surface area (Å²) in [5, 5.41) is 7.08. The predicted octanol–water partition coefficient (Wildman–Crippen LogP) is 4.48. The van der Waals surface area contributed by atoms with Crippen molar-refractivity contribution in [3.63, 3.8) is 0 Å². The summed E-state index contributed by atoms with van der Waals surface area (Å²) in [7, 11) is 0. The Bertz CT molecular complexity index is 1410. The molecule has 0 aliphatic carbocycles. The third-order valence-electron chi connectivity index (χ3n) is 6.02. The first-order valence-electron chi connectivity index (χ1n) is 11.2. The van der Waals surface area contributed by atoms with E-state index in [1.54, 1.807) is 12.4 Å². The summed E-state index contributed by atoms with van der Waals surface area (Å²) in [6.07, 6.45) is -1.20. The lowest BCUT2D eigenvalue weighted by molar-refractivity contribution is -0.148. The molecular weight excluding hydrogens is 459 g/mol. The van der Waals surface area contributed by atoms with Gasteiger partial charge in [0, 0.05) is 36.8 Å². The van der Waals surface area contributed by atoms with Gasteiger partial charge in [-0.3, -0.25) is 9.69 Å². The molecule has 0 amide bonds. The highest BCUT2D eigenvalue weighted by Gasteiger charge is 2.39. The smallest absolute Gasteiger partial charge is 0.344 e. The Morgan fingerprint density at radius 3 is 2.69 bits per heavy atom. The maximum Gasteiger partial charge on any atom is 0.451 e. The van der Waals surface area contributed by atoms with Crippen LogP contribution in [0.15, 0.2) is 36.7 Å². The zero-order valence-corrected chi connectivity index (χ0v) is 19.5. The number of fused-ring (bicyclic) bond motifs is 2. The number of halogens is 3. The van der Waals surface area contributed by atoms with E-state index in [0.29, 0.717) is 41.3 Å². The lowest BCUT2D eigenvalue weighted by atomic mass is 9.87. The van der Waals surface area contributed by atoms with Crippen molar-refractivity contribution in [1.29, 1.82) is 0 Å². The lowest BCUT2D eigenvalue weighted by Crippen LogP contribution is -2.34. The van der Waals surface area contributed by atoms with Gasteiger partial charge in [-0.1, -0.05) is 39.0 Å². The van der Waals surface area contributed by atoms with E-state index < -0.39 is 17.4 Å². The Morgan fingerprint density at radius 1 is 1.14 bits per heavy atom. The van der Waals surface area contributed by atoms with Crippen LogP contribution >= 0.6 is 0 Å². The Labute approximate surface area is 199 Å². The summed E-state index contributed by atoms with van der Waals surface area (Å²) in [5.41, 5.74) is 3.49. The van der Waals surface area contributed by atoms with Crippen LogP contribution < -0.4 is 0 Å². The molecule has 0 bridgehead atoms. The summed E-state index contributed by atoms with van der Waals surface area (Å²) in [5.74, 6) is -0.660. The number of hydrogen-bond donors (Lipinski definition) is 1. The van der Waals surface area contributed by atoms with Gasteiger partial charge in [0.25, 0.3) is 0 Å². The topological polar surface area (TPSA) is 92.6 Å². The molecule has 1 aliphatic heterocycles. The van der Waals surface area contributed by atoms with E-state index in [0.717, 1.165) is 15.7 Å². The van der Waals surface area contributed by atoms with Gasteiger partial charge in [-0.25, -0.2) is 9.97 Å². The van der Waals surface area contributed by atoms with Gasteiger partial charge in [-0.05, 0) is 11.6 Å². The van der Waals surface area contributed by atoms with E-state index >= 15 is 0 Å². The molecule has 0 atom stereocenters.